The Hall–Kier alpha value is -1.98. The third-order valence-electron chi connectivity index (χ3n) is 3.22. The van der Waals surface area contributed by atoms with Crippen molar-refractivity contribution in [2.75, 3.05) is 13.6 Å². The average Bonchev–Trinajstić information content (AvgIpc) is 3.07. The molecule has 1 aliphatic rings. The molecule has 1 saturated carbocycles. The lowest BCUT2D eigenvalue weighted by Crippen LogP contribution is -2.33. The molecule has 0 heterocycles. The second-order valence-corrected chi connectivity index (χ2v) is 4.70. The fourth-order valence-electron chi connectivity index (χ4n) is 2.18. The van der Waals surface area contributed by atoms with E-state index in [1.807, 2.05) is 0 Å². The van der Waals surface area contributed by atoms with Gasteiger partial charge in [0.2, 0.25) is 5.91 Å². The largest absolute Gasteiger partial charge is 0.480 e. The first-order chi connectivity index (χ1) is 8.90. The van der Waals surface area contributed by atoms with Gasteiger partial charge in [-0.15, -0.1) is 0 Å². The maximum Gasteiger partial charge on any atom is 0.323 e. The van der Waals surface area contributed by atoms with Crippen LogP contribution in [0.2, 0.25) is 0 Å². The quantitative estimate of drug-likeness (QED) is 0.903. The highest BCUT2D eigenvalue weighted by molar-refractivity contribution is 5.85. The summed E-state index contributed by atoms with van der Waals surface area (Å²) in [5, 5.41) is 8.60. The van der Waals surface area contributed by atoms with E-state index in [-0.39, 0.29) is 18.4 Å². The molecule has 102 valence electrons. The van der Waals surface area contributed by atoms with Gasteiger partial charge in [-0.25, -0.2) is 8.78 Å². The molecule has 19 heavy (non-hydrogen) atoms. The van der Waals surface area contributed by atoms with Crippen LogP contribution < -0.4 is 0 Å². The monoisotopic (exact) mass is 269 g/mol. The van der Waals surface area contributed by atoms with E-state index >= 15 is 0 Å². The van der Waals surface area contributed by atoms with Gasteiger partial charge in [-0.05, 0) is 24.0 Å². The minimum absolute atomic E-state index is 0.288. The summed E-state index contributed by atoms with van der Waals surface area (Å²) in [6, 6.07) is 3.27. The number of aliphatic carboxylic acids is 1. The van der Waals surface area contributed by atoms with Crippen molar-refractivity contribution in [3.8, 4) is 0 Å². The van der Waals surface area contributed by atoms with E-state index in [2.05, 4.69) is 0 Å². The fraction of sp³-hybridized carbons (Fsp3) is 0.385. The van der Waals surface area contributed by atoms with Gasteiger partial charge >= 0.3 is 5.97 Å². The number of likely N-dealkylation sites (N-methyl/N-ethyl adjacent to an activating group) is 1. The zero-order valence-corrected chi connectivity index (χ0v) is 10.3. The summed E-state index contributed by atoms with van der Waals surface area (Å²) in [6.07, 6.45) is 0.464. The van der Waals surface area contributed by atoms with E-state index in [1.165, 1.54) is 13.1 Å². The molecule has 4 nitrogen and oxygen atoms in total. The van der Waals surface area contributed by atoms with Gasteiger partial charge < -0.3 is 10.0 Å². The normalized spacial score (nSPS) is 21.0. The fourth-order valence-corrected chi connectivity index (χ4v) is 2.18. The van der Waals surface area contributed by atoms with E-state index in [1.54, 1.807) is 0 Å². The van der Waals surface area contributed by atoms with E-state index in [0.717, 1.165) is 17.0 Å². The zero-order valence-electron chi connectivity index (χ0n) is 10.3. The highest BCUT2D eigenvalue weighted by Gasteiger charge is 2.46. The molecular weight excluding hydrogens is 256 g/mol. The molecule has 0 bridgehead atoms. The smallest absolute Gasteiger partial charge is 0.323 e. The highest BCUT2D eigenvalue weighted by Crippen LogP contribution is 2.49. The Balaban J connectivity index is 2.04. The number of nitrogens with zero attached hydrogens (tertiary/aromatic N) is 1. The molecule has 0 aromatic heterocycles. The number of rotatable bonds is 4. The van der Waals surface area contributed by atoms with Gasteiger partial charge in [0.25, 0.3) is 0 Å². The van der Waals surface area contributed by atoms with Crippen LogP contribution in [0.1, 0.15) is 17.9 Å². The Morgan fingerprint density at radius 2 is 2.11 bits per heavy atom. The lowest BCUT2D eigenvalue weighted by Gasteiger charge is -2.14. The summed E-state index contributed by atoms with van der Waals surface area (Å²) in [4.78, 5) is 23.5. The summed E-state index contributed by atoms with van der Waals surface area (Å²) in [5.41, 5.74) is 0.309. The first-order valence-corrected chi connectivity index (χ1v) is 5.82. The predicted molar refractivity (Wildman–Crippen MR) is 62.5 cm³/mol. The summed E-state index contributed by atoms with van der Waals surface area (Å²) in [7, 11) is 1.40. The Kier molecular flexibility index (Phi) is 3.50. The number of carbonyl (C=O) groups excluding carboxylic acids is 1. The maximum absolute atomic E-state index is 13.5. The molecule has 0 saturated heterocycles. The second-order valence-electron chi connectivity index (χ2n) is 4.70. The van der Waals surface area contributed by atoms with E-state index in [9.17, 15) is 18.4 Å². The van der Waals surface area contributed by atoms with Crippen LogP contribution >= 0.6 is 0 Å². The Bertz CT molecular complexity index is 533. The molecule has 6 heteroatoms. The zero-order chi connectivity index (χ0) is 14.2. The molecular formula is C13H13F2NO3. The number of hydrogen-bond donors (Lipinski definition) is 1. The lowest BCUT2D eigenvalue weighted by atomic mass is 10.1. The van der Waals surface area contributed by atoms with Gasteiger partial charge in [0.1, 0.15) is 18.2 Å². The number of carbonyl (C=O) groups is 2. The van der Waals surface area contributed by atoms with E-state index in [0.29, 0.717) is 12.0 Å². The molecule has 2 atom stereocenters. The molecule has 1 amide bonds. The molecule has 2 unspecified atom stereocenters. The lowest BCUT2D eigenvalue weighted by molar-refractivity contribution is -0.144. The third-order valence-corrected chi connectivity index (χ3v) is 3.22. The molecule has 0 aliphatic heterocycles. The molecule has 1 aromatic rings. The van der Waals surface area contributed by atoms with Gasteiger partial charge in [-0.1, -0.05) is 6.07 Å². The van der Waals surface area contributed by atoms with Gasteiger partial charge in [0.15, 0.2) is 0 Å². The molecule has 2 rings (SSSR count). The van der Waals surface area contributed by atoms with Crippen molar-refractivity contribution >= 4 is 11.9 Å². The molecule has 1 aliphatic carbocycles. The van der Waals surface area contributed by atoms with Crippen molar-refractivity contribution in [1.29, 1.82) is 0 Å². The minimum atomic E-state index is -1.10. The van der Waals surface area contributed by atoms with Crippen LogP contribution in [0.15, 0.2) is 18.2 Å². The van der Waals surface area contributed by atoms with Crippen LogP contribution in [-0.4, -0.2) is 35.5 Å². The van der Waals surface area contributed by atoms with Crippen molar-refractivity contribution in [3.05, 3.63) is 35.4 Å². The van der Waals surface area contributed by atoms with Crippen LogP contribution in [-0.2, 0) is 9.59 Å². The Morgan fingerprint density at radius 3 is 2.68 bits per heavy atom. The molecule has 0 radical (unpaired) electrons. The van der Waals surface area contributed by atoms with Crippen molar-refractivity contribution in [2.45, 2.75) is 12.3 Å². The van der Waals surface area contributed by atoms with E-state index in [4.69, 9.17) is 5.11 Å². The van der Waals surface area contributed by atoms with Gasteiger partial charge in [0, 0.05) is 19.0 Å². The molecule has 1 aromatic carbocycles. The standard InChI is InChI=1S/C13H13F2NO3/c1-16(6-12(17)18)13(19)10-5-9(10)8-3-2-7(14)4-11(8)15/h2-4,9-10H,5-6H2,1H3,(H,17,18). The summed E-state index contributed by atoms with van der Waals surface area (Å²) in [5.74, 6) is -3.44. The Labute approximate surface area is 108 Å². The average molecular weight is 269 g/mol. The molecule has 1 N–H and O–H groups in total. The first-order valence-electron chi connectivity index (χ1n) is 5.82. The van der Waals surface area contributed by atoms with Crippen LogP contribution in [0.3, 0.4) is 0 Å². The van der Waals surface area contributed by atoms with Crippen LogP contribution in [0.25, 0.3) is 0 Å². The minimum Gasteiger partial charge on any atom is -0.480 e. The number of amides is 1. The topological polar surface area (TPSA) is 57.6 Å². The Morgan fingerprint density at radius 1 is 1.42 bits per heavy atom. The van der Waals surface area contributed by atoms with Crippen molar-refractivity contribution in [3.63, 3.8) is 0 Å². The van der Waals surface area contributed by atoms with Crippen LogP contribution in [0, 0.1) is 17.6 Å². The predicted octanol–water partition coefficient (Wildman–Crippen LogP) is 1.61. The van der Waals surface area contributed by atoms with Gasteiger partial charge in [0.05, 0.1) is 0 Å². The maximum atomic E-state index is 13.5. The summed E-state index contributed by atoms with van der Waals surface area (Å²) < 4.78 is 26.3. The summed E-state index contributed by atoms with van der Waals surface area (Å²) >= 11 is 0. The second kappa shape index (κ2) is 4.95. The van der Waals surface area contributed by atoms with Crippen molar-refractivity contribution in [1.82, 2.24) is 4.90 Å². The number of carboxylic acids is 1. The highest BCUT2D eigenvalue weighted by atomic mass is 19.1. The SMILES string of the molecule is CN(CC(=O)O)C(=O)C1CC1c1ccc(F)cc1F. The van der Waals surface area contributed by atoms with Crippen LogP contribution in [0.5, 0.6) is 0 Å². The third kappa shape index (κ3) is 2.89. The molecule has 0 spiro atoms. The summed E-state index contributed by atoms with van der Waals surface area (Å²) in [6.45, 7) is -0.381. The van der Waals surface area contributed by atoms with Gasteiger partial charge in [-0.3, -0.25) is 9.59 Å². The first kappa shape index (κ1) is 13.5. The van der Waals surface area contributed by atoms with Gasteiger partial charge in [-0.2, -0.15) is 0 Å². The van der Waals surface area contributed by atoms with Crippen LogP contribution in [0.4, 0.5) is 8.78 Å². The number of benzene rings is 1. The van der Waals surface area contributed by atoms with Crippen molar-refractivity contribution in [2.24, 2.45) is 5.92 Å². The number of halogens is 2. The van der Waals surface area contributed by atoms with E-state index < -0.39 is 23.5 Å². The number of hydrogen-bond acceptors (Lipinski definition) is 2. The number of carboxylic acid groups (broad SMARTS) is 1. The molecule has 1 fully saturated rings. The van der Waals surface area contributed by atoms with Crippen molar-refractivity contribution < 1.29 is 23.5 Å².